The minimum absolute atomic E-state index is 0.149. The summed E-state index contributed by atoms with van der Waals surface area (Å²) < 4.78 is 0. The molecule has 0 radical (unpaired) electrons. The Morgan fingerprint density at radius 3 is 2.80 bits per heavy atom. The van der Waals surface area contributed by atoms with Gasteiger partial charge < -0.3 is 20.4 Å². The Kier molecular flexibility index (Phi) is 4.89. The first-order valence-corrected chi connectivity index (χ1v) is 7.52. The third-order valence-corrected chi connectivity index (χ3v) is 4.22. The molecule has 1 aliphatic heterocycles. The molecule has 1 heterocycles. The molecule has 0 saturated carbocycles. The predicted octanol–water partition coefficient (Wildman–Crippen LogP) is 2.27. The Bertz CT molecular complexity index is 450. The molecule has 0 bridgehead atoms. The number of aliphatic hydroxyl groups excluding tert-OH is 1. The maximum Gasteiger partial charge on any atom is 0.122 e. The van der Waals surface area contributed by atoms with Gasteiger partial charge in [0.1, 0.15) is 5.75 Å². The van der Waals surface area contributed by atoms with Crippen molar-refractivity contribution >= 4 is 5.69 Å². The van der Waals surface area contributed by atoms with Crippen LogP contribution in [0.4, 0.5) is 5.69 Å². The monoisotopic (exact) mass is 278 g/mol. The maximum atomic E-state index is 10.2. The zero-order chi connectivity index (χ0) is 14.7. The Labute approximate surface area is 121 Å². The highest BCUT2D eigenvalue weighted by atomic mass is 16.3. The third-order valence-electron chi connectivity index (χ3n) is 4.22. The van der Waals surface area contributed by atoms with Gasteiger partial charge in [-0.25, -0.2) is 0 Å². The molecule has 4 nitrogen and oxygen atoms in total. The van der Waals surface area contributed by atoms with Crippen LogP contribution in [0, 0.1) is 5.92 Å². The van der Waals surface area contributed by atoms with Crippen molar-refractivity contribution in [1.29, 1.82) is 0 Å². The zero-order valence-corrected chi connectivity index (χ0v) is 12.6. The summed E-state index contributed by atoms with van der Waals surface area (Å²) in [5, 5.41) is 23.3. The molecule has 3 N–H and O–H groups in total. The lowest BCUT2D eigenvalue weighted by atomic mass is 9.96. The van der Waals surface area contributed by atoms with Gasteiger partial charge in [-0.3, -0.25) is 0 Å². The van der Waals surface area contributed by atoms with Crippen molar-refractivity contribution in [3.8, 4) is 5.75 Å². The number of nitrogens with one attached hydrogen (secondary N) is 1. The van der Waals surface area contributed by atoms with Gasteiger partial charge in [0, 0.05) is 36.4 Å². The van der Waals surface area contributed by atoms with E-state index in [1.54, 1.807) is 0 Å². The molecule has 0 aliphatic carbocycles. The van der Waals surface area contributed by atoms with E-state index in [9.17, 15) is 10.2 Å². The number of aromatic hydroxyl groups is 1. The fraction of sp³-hybridized carbons (Fsp3) is 0.625. The lowest BCUT2D eigenvalue weighted by Gasteiger charge is -2.36. The van der Waals surface area contributed by atoms with Crippen LogP contribution in [0.3, 0.4) is 0 Å². The number of benzene rings is 1. The third kappa shape index (κ3) is 3.25. The zero-order valence-electron chi connectivity index (χ0n) is 12.6. The molecule has 3 unspecified atom stereocenters. The van der Waals surface area contributed by atoms with Crippen LogP contribution in [0.15, 0.2) is 18.2 Å². The van der Waals surface area contributed by atoms with Crippen molar-refractivity contribution in [3.63, 3.8) is 0 Å². The standard InChI is InChI=1S/C16H26N2O2/c1-4-17-12(3)14-6-5-13(9-16(14)20)18-8-7-15(19)11(2)10-18/h5-6,9,11-12,15,17,19-20H,4,7-8,10H2,1-3H3. The number of nitrogens with zero attached hydrogens (tertiary/aromatic N) is 1. The molecule has 0 amide bonds. The highest BCUT2D eigenvalue weighted by molar-refractivity contribution is 5.54. The molecule has 112 valence electrons. The van der Waals surface area contributed by atoms with Gasteiger partial charge in [0.15, 0.2) is 0 Å². The van der Waals surface area contributed by atoms with Gasteiger partial charge in [0.05, 0.1) is 6.10 Å². The fourth-order valence-electron chi connectivity index (χ4n) is 2.88. The number of phenolic OH excluding ortho intramolecular Hbond substituents is 1. The Morgan fingerprint density at radius 1 is 1.45 bits per heavy atom. The number of phenols is 1. The number of aliphatic hydroxyl groups is 1. The summed E-state index contributed by atoms with van der Waals surface area (Å²) in [6.07, 6.45) is 0.588. The summed E-state index contributed by atoms with van der Waals surface area (Å²) >= 11 is 0. The Balaban J connectivity index is 2.13. The quantitative estimate of drug-likeness (QED) is 0.791. The number of hydrogen-bond acceptors (Lipinski definition) is 4. The molecule has 2 rings (SSSR count). The normalized spacial score (nSPS) is 24.7. The second kappa shape index (κ2) is 6.46. The largest absolute Gasteiger partial charge is 0.508 e. The molecule has 0 aromatic heterocycles. The second-order valence-corrected chi connectivity index (χ2v) is 5.80. The first kappa shape index (κ1) is 15.1. The van der Waals surface area contributed by atoms with E-state index in [2.05, 4.69) is 37.1 Å². The molecule has 1 fully saturated rings. The van der Waals surface area contributed by atoms with Gasteiger partial charge in [0.25, 0.3) is 0 Å². The van der Waals surface area contributed by atoms with Crippen molar-refractivity contribution < 1.29 is 10.2 Å². The summed E-state index contributed by atoms with van der Waals surface area (Å²) in [6.45, 7) is 8.73. The van der Waals surface area contributed by atoms with Crippen LogP contribution in [0.5, 0.6) is 5.75 Å². The van der Waals surface area contributed by atoms with E-state index >= 15 is 0 Å². The summed E-state index contributed by atoms with van der Waals surface area (Å²) in [4.78, 5) is 2.23. The van der Waals surface area contributed by atoms with Crippen molar-refractivity contribution in [2.24, 2.45) is 5.92 Å². The van der Waals surface area contributed by atoms with Gasteiger partial charge in [-0.1, -0.05) is 19.9 Å². The summed E-state index contributed by atoms with van der Waals surface area (Å²) in [5.74, 6) is 0.612. The van der Waals surface area contributed by atoms with E-state index in [-0.39, 0.29) is 18.1 Å². The van der Waals surface area contributed by atoms with Crippen molar-refractivity contribution in [2.45, 2.75) is 39.3 Å². The predicted molar refractivity (Wildman–Crippen MR) is 82.2 cm³/mol. The smallest absolute Gasteiger partial charge is 0.122 e. The Morgan fingerprint density at radius 2 is 2.20 bits per heavy atom. The molecule has 0 spiro atoms. The van der Waals surface area contributed by atoms with Crippen LogP contribution in [0.2, 0.25) is 0 Å². The van der Waals surface area contributed by atoms with Crippen molar-refractivity contribution in [1.82, 2.24) is 5.32 Å². The molecule has 1 aromatic carbocycles. The van der Waals surface area contributed by atoms with Crippen LogP contribution in [0.1, 0.15) is 38.8 Å². The minimum atomic E-state index is -0.201. The summed E-state index contributed by atoms with van der Waals surface area (Å²) in [7, 11) is 0. The van der Waals surface area contributed by atoms with Gasteiger partial charge >= 0.3 is 0 Å². The van der Waals surface area contributed by atoms with Crippen LogP contribution in [0.25, 0.3) is 0 Å². The van der Waals surface area contributed by atoms with Gasteiger partial charge in [-0.15, -0.1) is 0 Å². The van der Waals surface area contributed by atoms with E-state index in [1.165, 1.54) is 0 Å². The van der Waals surface area contributed by atoms with E-state index in [0.29, 0.717) is 5.75 Å². The van der Waals surface area contributed by atoms with Crippen molar-refractivity contribution in [2.75, 3.05) is 24.5 Å². The molecule has 4 heteroatoms. The van der Waals surface area contributed by atoms with Gasteiger partial charge in [-0.05, 0) is 31.9 Å². The lowest BCUT2D eigenvalue weighted by Crippen LogP contribution is -2.41. The Hall–Kier alpha value is -1.26. The number of piperidine rings is 1. The first-order valence-electron chi connectivity index (χ1n) is 7.52. The molecular weight excluding hydrogens is 252 g/mol. The van der Waals surface area contributed by atoms with Gasteiger partial charge in [0.2, 0.25) is 0 Å². The number of hydrogen-bond donors (Lipinski definition) is 3. The fourth-order valence-corrected chi connectivity index (χ4v) is 2.88. The second-order valence-electron chi connectivity index (χ2n) is 5.80. The van der Waals surface area contributed by atoms with E-state index in [4.69, 9.17) is 0 Å². The van der Waals surface area contributed by atoms with E-state index < -0.39 is 0 Å². The molecule has 1 aromatic rings. The highest BCUT2D eigenvalue weighted by Gasteiger charge is 2.24. The van der Waals surface area contributed by atoms with Crippen LogP contribution < -0.4 is 10.2 Å². The first-order chi connectivity index (χ1) is 9.52. The van der Waals surface area contributed by atoms with E-state index in [1.807, 2.05) is 12.1 Å². The lowest BCUT2D eigenvalue weighted by molar-refractivity contribution is 0.0971. The van der Waals surface area contributed by atoms with E-state index in [0.717, 1.165) is 37.3 Å². The topological polar surface area (TPSA) is 55.7 Å². The highest BCUT2D eigenvalue weighted by Crippen LogP contribution is 2.31. The number of anilines is 1. The van der Waals surface area contributed by atoms with Crippen molar-refractivity contribution in [3.05, 3.63) is 23.8 Å². The molecule has 1 aliphatic rings. The molecular formula is C16H26N2O2. The molecule has 20 heavy (non-hydrogen) atoms. The SMILES string of the molecule is CCNC(C)c1ccc(N2CCC(O)C(C)C2)cc1O. The molecule has 1 saturated heterocycles. The molecule has 3 atom stereocenters. The average Bonchev–Trinajstić information content (AvgIpc) is 2.42. The maximum absolute atomic E-state index is 10.2. The summed E-state index contributed by atoms with van der Waals surface area (Å²) in [6, 6.07) is 6.05. The average molecular weight is 278 g/mol. The number of rotatable bonds is 4. The van der Waals surface area contributed by atoms with Crippen LogP contribution >= 0.6 is 0 Å². The van der Waals surface area contributed by atoms with Crippen LogP contribution in [-0.2, 0) is 0 Å². The van der Waals surface area contributed by atoms with Crippen LogP contribution in [-0.4, -0.2) is 36.0 Å². The summed E-state index contributed by atoms with van der Waals surface area (Å²) in [5.41, 5.74) is 1.97. The minimum Gasteiger partial charge on any atom is -0.508 e. The van der Waals surface area contributed by atoms with Gasteiger partial charge in [-0.2, -0.15) is 0 Å².